The van der Waals surface area contributed by atoms with E-state index in [0.29, 0.717) is 31.2 Å². The van der Waals surface area contributed by atoms with Gasteiger partial charge in [-0.3, -0.25) is 9.59 Å². The number of ketones is 1. The summed E-state index contributed by atoms with van der Waals surface area (Å²) in [4.78, 5) is 89.8. The molecule has 4 atom stereocenters. The molecular formula is C50H62N6O12. The molecule has 0 radical (unpaired) electrons. The summed E-state index contributed by atoms with van der Waals surface area (Å²) in [7, 11) is 0. The molecule has 0 aliphatic heterocycles. The largest absolute Gasteiger partial charge is 0.480 e. The predicted octanol–water partition coefficient (Wildman–Crippen LogP) is 6.41. The van der Waals surface area contributed by atoms with Crippen molar-refractivity contribution in [2.75, 3.05) is 13.1 Å². The molecule has 4 rings (SSSR count). The van der Waals surface area contributed by atoms with Gasteiger partial charge in [0, 0.05) is 13.1 Å². The van der Waals surface area contributed by atoms with Crippen LogP contribution in [0.25, 0.3) is 0 Å². The minimum Gasteiger partial charge on any atom is -0.480 e. The van der Waals surface area contributed by atoms with E-state index in [1.54, 1.807) is 48.5 Å². The lowest BCUT2D eigenvalue weighted by molar-refractivity contribution is -0.142. The highest BCUT2D eigenvalue weighted by molar-refractivity contribution is 5.91. The number of Topliss-reactive ketones (excluding diaryl/α,β-unsaturated/α-hetero) is 1. The van der Waals surface area contributed by atoms with Gasteiger partial charge >= 0.3 is 30.3 Å². The Hall–Kier alpha value is -7.47. The molecule has 8 N–H and O–H groups in total. The van der Waals surface area contributed by atoms with Crippen molar-refractivity contribution in [3.8, 4) is 0 Å². The fourth-order valence-electron chi connectivity index (χ4n) is 6.72. The van der Waals surface area contributed by atoms with Gasteiger partial charge in [-0.2, -0.15) is 0 Å². The summed E-state index contributed by atoms with van der Waals surface area (Å²) in [5.74, 6) is -2.63. The van der Waals surface area contributed by atoms with E-state index in [1.165, 1.54) is 0 Å². The number of unbranched alkanes of at least 4 members (excludes halogenated alkanes) is 2. The van der Waals surface area contributed by atoms with Crippen molar-refractivity contribution in [2.24, 2.45) is 5.73 Å². The molecule has 0 aliphatic carbocycles. The van der Waals surface area contributed by atoms with E-state index in [2.05, 4.69) is 26.6 Å². The van der Waals surface area contributed by atoms with E-state index in [-0.39, 0.29) is 71.6 Å². The van der Waals surface area contributed by atoms with Gasteiger partial charge in [-0.05, 0) is 80.0 Å². The number of nitrogens with one attached hydrogen (secondary N) is 5. The van der Waals surface area contributed by atoms with E-state index >= 15 is 0 Å². The van der Waals surface area contributed by atoms with Crippen LogP contribution in [0.15, 0.2) is 121 Å². The van der Waals surface area contributed by atoms with Gasteiger partial charge < -0.3 is 56.4 Å². The normalized spacial score (nSPS) is 12.4. The highest BCUT2D eigenvalue weighted by Crippen LogP contribution is 2.13. The van der Waals surface area contributed by atoms with E-state index in [4.69, 9.17) is 24.7 Å². The van der Waals surface area contributed by atoms with Crippen molar-refractivity contribution in [3.05, 3.63) is 144 Å². The summed E-state index contributed by atoms with van der Waals surface area (Å²) < 4.78 is 21.1. The fourth-order valence-corrected chi connectivity index (χ4v) is 6.72. The minimum atomic E-state index is -1.41. The van der Waals surface area contributed by atoms with Crippen LogP contribution in [0.2, 0.25) is 0 Å². The second kappa shape index (κ2) is 30.7. The Morgan fingerprint density at radius 3 is 1.18 bits per heavy atom. The Morgan fingerprint density at radius 1 is 0.426 bits per heavy atom. The first-order valence-corrected chi connectivity index (χ1v) is 22.6. The molecule has 0 heterocycles. The van der Waals surface area contributed by atoms with Crippen LogP contribution in [0.4, 0.5) is 19.2 Å². The average Bonchev–Trinajstić information content (AvgIpc) is 3.35. The van der Waals surface area contributed by atoms with Crippen molar-refractivity contribution < 1.29 is 57.6 Å². The highest BCUT2D eigenvalue weighted by atomic mass is 16.6. The number of hydrogen-bond acceptors (Lipinski definition) is 12. The first kappa shape index (κ1) is 53.1. The van der Waals surface area contributed by atoms with Gasteiger partial charge in [0.2, 0.25) is 5.91 Å². The topological polar surface area (TPSA) is 263 Å². The lowest BCUT2D eigenvalue weighted by Gasteiger charge is -2.23. The van der Waals surface area contributed by atoms with Gasteiger partial charge in [-0.1, -0.05) is 121 Å². The number of carbonyl (C=O) groups is 7. The van der Waals surface area contributed by atoms with Gasteiger partial charge in [-0.25, -0.2) is 24.0 Å². The number of ether oxygens (including phenoxy) is 4. The molecule has 5 amide bonds. The second-order valence-corrected chi connectivity index (χ2v) is 15.8. The monoisotopic (exact) mass is 938 g/mol. The molecule has 18 nitrogen and oxygen atoms in total. The summed E-state index contributed by atoms with van der Waals surface area (Å²) in [6.45, 7) is 0.557. The number of carbonyl (C=O) groups excluding carboxylic acids is 6. The van der Waals surface area contributed by atoms with Crippen LogP contribution >= 0.6 is 0 Å². The Morgan fingerprint density at radius 2 is 0.779 bits per heavy atom. The second-order valence-electron chi connectivity index (χ2n) is 15.8. The molecular weight excluding hydrogens is 877 g/mol. The number of hydrogen-bond donors (Lipinski definition) is 7. The van der Waals surface area contributed by atoms with Crippen molar-refractivity contribution in [2.45, 2.75) is 108 Å². The zero-order valence-electron chi connectivity index (χ0n) is 38.0. The smallest absolute Gasteiger partial charge is 0.408 e. The Balaban J connectivity index is 1.28. The number of benzene rings is 4. The molecule has 0 fully saturated rings. The number of aliphatic carboxylic acids is 1. The zero-order valence-corrected chi connectivity index (χ0v) is 38.0. The van der Waals surface area contributed by atoms with Crippen LogP contribution in [0.1, 0.15) is 80.0 Å². The molecule has 0 aromatic heterocycles. The lowest BCUT2D eigenvalue weighted by atomic mass is 9.96. The van der Waals surface area contributed by atoms with Gasteiger partial charge in [0.05, 0.1) is 12.1 Å². The van der Waals surface area contributed by atoms with E-state index in [1.807, 2.05) is 72.8 Å². The molecule has 18 heteroatoms. The lowest BCUT2D eigenvalue weighted by Crippen LogP contribution is -2.52. The maximum Gasteiger partial charge on any atom is 0.408 e. The van der Waals surface area contributed by atoms with Crippen LogP contribution in [-0.4, -0.2) is 84.4 Å². The van der Waals surface area contributed by atoms with E-state index in [0.717, 1.165) is 16.7 Å². The van der Waals surface area contributed by atoms with Crippen LogP contribution < -0.4 is 32.3 Å². The highest BCUT2D eigenvalue weighted by Gasteiger charge is 2.29. The van der Waals surface area contributed by atoms with Gasteiger partial charge in [0.15, 0.2) is 5.78 Å². The number of amides is 5. The predicted molar refractivity (Wildman–Crippen MR) is 250 cm³/mol. The third kappa shape index (κ3) is 21.7. The molecule has 68 heavy (non-hydrogen) atoms. The minimum absolute atomic E-state index is 0.0127. The average molecular weight is 939 g/mol. The maximum absolute atomic E-state index is 13.7. The van der Waals surface area contributed by atoms with Crippen molar-refractivity contribution in [1.82, 2.24) is 26.6 Å². The fraction of sp³-hybridized carbons (Fsp3) is 0.380. The molecule has 364 valence electrons. The first-order valence-electron chi connectivity index (χ1n) is 22.6. The number of nitrogens with two attached hydrogens (primary N) is 1. The standard InChI is InChI=1S/C50H62N6O12/c51-40(44(57)41(55-49(63)67-34-38-22-9-3-10-23-38)27-13-15-30-52-47(61)65-32-36-18-5-1-6-19-36)26-17-29-43(46(59)60)54-45(58)42(56-50(64)68-35-39-24-11-4-12-25-39)28-14-16-31-53-48(62)66-33-37-20-7-2-8-21-37/h1-12,18-25,40-43H,13-17,26-35,51H2,(H,52,61)(H,53,62)(H,54,58)(H,55,63)(H,56,64)(H,59,60)/t40?,41-,42-,43-/m0/s1. The zero-order chi connectivity index (χ0) is 48.8. The van der Waals surface area contributed by atoms with Crippen LogP contribution in [0, 0.1) is 0 Å². The maximum atomic E-state index is 13.7. The molecule has 0 aliphatic rings. The molecule has 4 aromatic rings. The van der Waals surface area contributed by atoms with Crippen LogP contribution in [0.3, 0.4) is 0 Å². The summed E-state index contributed by atoms with van der Waals surface area (Å²) in [5.41, 5.74) is 9.46. The number of alkyl carbamates (subject to hydrolysis) is 4. The van der Waals surface area contributed by atoms with Crippen LogP contribution in [-0.2, 0) is 59.8 Å². The summed E-state index contributed by atoms with van der Waals surface area (Å²) in [6.07, 6.45) is -1.11. The quantitative estimate of drug-likeness (QED) is 0.0230. The molecule has 4 aromatic carbocycles. The van der Waals surface area contributed by atoms with E-state index < -0.39 is 66.2 Å². The summed E-state index contributed by atoms with van der Waals surface area (Å²) >= 11 is 0. The molecule has 0 saturated heterocycles. The molecule has 0 saturated carbocycles. The SMILES string of the molecule is NC(CCC[C@H](NC(=O)[C@H](CCCCNC(=O)OCc1ccccc1)NC(=O)OCc1ccccc1)C(=O)O)C(=O)[C@H](CCCCNC(=O)OCc1ccccc1)NC(=O)OCc1ccccc1. The van der Waals surface area contributed by atoms with Crippen molar-refractivity contribution in [3.63, 3.8) is 0 Å². The Labute approximate surface area is 396 Å². The van der Waals surface area contributed by atoms with Gasteiger partial charge in [0.1, 0.15) is 38.5 Å². The molecule has 0 bridgehead atoms. The number of rotatable bonds is 29. The van der Waals surface area contributed by atoms with Crippen molar-refractivity contribution in [1.29, 1.82) is 0 Å². The first-order chi connectivity index (χ1) is 33.0. The van der Waals surface area contributed by atoms with Crippen molar-refractivity contribution >= 4 is 42.0 Å². The van der Waals surface area contributed by atoms with Crippen LogP contribution in [0.5, 0.6) is 0 Å². The van der Waals surface area contributed by atoms with E-state index in [9.17, 15) is 38.7 Å². The van der Waals surface area contributed by atoms with Gasteiger partial charge in [-0.15, -0.1) is 0 Å². The number of carboxylic acids is 1. The molecule has 1 unspecified atom stereocenters. The third-order valence-electron chi connectivity index (χ3n) is 10.5. The Bertz CT molecular complexity index is 2150. The summed E-state index contributed by atoms with van der Waals surface area (Å²) in [6, 6.07) is 31.5. The Kier molecular flexibility index (Phi) is 24.0. The molecule has 0 spiro atoms. The summed E-state index contributed by atoms with van der Waals surface area (Å²) in [5, 5.41) is 23.0. The number of carboxylic acid groups (broad SMARTS) is 1. The third-order valence-corrected chi connectivity index (χ3v) is 10.5. The van der Waals surface area contributed by atoms with Gasteiger partial charge in [0.25, 0.3) is 0 Å².